The normalized spacial score (nSPS) is 27.9. The first kappa shape index (κ1) is 11.1. The average Bonchev–Trinajstić information content (AvgIpc) is 2.60. The second kappa shape index (κ2) is 4.69. The van der Waals surface area contributed by atoms with Gasteiger partial charge in [-0.25, -0.2) is 0 Å². The van der Waals surface area contributed by atoms with Gasteiger partial charge in [-0.2, -0.15) is 0 Å². The third-order valence-corrected chi connectivity index (χ3v) is 3.98. The largest absolute Gasteiger partial charge is 0.392 e. The van der Waals surface area contributed by atoms with Gasteiger partial charge in [0.2, 0.25) is 0 Å². The third kappa shape index (κ3) is 2.19. The topological polar surface area (TPSA) is 21.6 Å². The Morgan fingerprint density at radius 3 is 2.65 bits per heavy atom. The SMILES string of the molecule is Clc1ccc(C2=NO[C@H]3CCCCC[C@@H]23)cc1. The average molecular weight is 250 g/mol. The Bertz CT molecular complexity index is 426. The molecule has 2 aliphatic rings. The summed E-state index contributed by atoms with van der Waals surface area (Å²) in [5, 5.41) is 5.06. The zero-order valence-electron chi connectivity index (χ0n) is 9.73. The highest BCUT2D eigenvalue weighted by Crippen LogP contribution is 2.33. The summed E-state index contributed by atoms with van der Waals surface area (Å²) >= 11 is 5.91. The van der Waals surface area contributed by atoms with E-state index in [1.54, 1.807) is 0 Å². The number of nitrogens with zero attached hydrogens (tertiary/aromatic N) is 1. The summed E-state index contributed by atoms with van der Waals surface area (Å²) in [5.74, 6) is 0.485. The minimum atomic E-state index is 0.308. The van der Waals surface area contributed by atoms with Crippen molar-refractivity contribution in [3.63, 3.8) is 0 Å². The Morgan fingerprint density at radius 1 is 1.06 bits per heavy atom. The van der Waals surface area contributed by atoms with Crippen molar-refractivity contribution in [2.45, 2.75) is 38.2 Å². The molecule has 0 unspecified atom stereocenters. The highest BCUT2D eigenvalue weighted by molar-refractivity contribution is 6.30. The minimum absolute atomic E-state index is 0.308. The molecule has 1 aromatic carbocycles. The second-order valence-electron chi connectivity index (χ2n) is 4.87. The predicted molar refractivity (Wildman–Crippen MR) is 69.4 cm³/mol. The molecule has 1 aliphatic carbocycles. The van der Waals surface area contributed by atoms with Crippen LogP contribution in [0.2, 0.25) is 5.02 Å². The van der Waals surface area contributed by atoms with E-state index >= 15 is 0 Å². The van der Waals surface area contributed by atoms with Crippen molar-refractivity contribution < 1.29 is 4.84 Å². The molecule has 2 nitrogen and oxygen atoms in total. The first-order chi connectivity index (χ1) is 8.34. The highest BCUT2D eigenvalue weighted by atomic mass is 35.5. The van der Waals surface area contributed by atoms with E-state index in [0.29, 0.717) is 12.0 Å². The van der Waals surface area contributed by atoms with Crippen LogP contribution in [0.5, 0.6) is 0 Å². The minimum Gasteiger partial charge on any atom is -0.392 e. The van der Waals surface area contributed by atoms with E-state index in [1.807, 2.05) is 24.3 Å². The molecule has 0 spiro atoms. The van der Waals surface area contributed by atoms with E-state index in [0.717, 1.165) is 22.7 Å². The summed E-state index contributed by atoms with van der Waals surface area (Å²) in [6, 6.07) is 7.92. The smallest absolute Gasteiger partial charge is 0.136 e. The van der Waals surface area contributed by atoms with Crippen molar-refractivity contribution in [3.05, 3.63) is 34.9 Å². The van der Waals surface area contributed by atoms with E-state index in [2.05, 4.69) is 5.16 Å². The van der Waals surface area contributed by atoms with Gasteiger partial charge >= 0.3 is 0 Å². The Morgan fingerprint density at radius 2 is 1.82 bits per heavy atom. The van der Waals surface area contributed by atoms with Crippen LogP contribution >= 0.6 is 11.6 Å². The first-order valence-corrected chi connectivity index (χ1v) is 6.72. The lowest BCUT2D eigenvalue weighted by molar-refractivity contribution is 0.0571. The van der Waals surface area contributed by atoms with Crippen LogP contribution in [0.25, 0.3) is 0 Å². The van der Waals surface area contributed by atoms with Crippen molar-refractivity contribution in [2.24, 2.45) is 11.1 Å². The lowest BCUT2D eigenvalue weighted by atomic mass is 9.89. The van der Waals surface area contributed by atoms with E-state index in [9.17, 15) is 0 Å². The Balaban J connectivity index is 1.85. The van der Waals surface area contributed by atoms with E-state index in [-0.39, 0.29) is 0 Å². The number of benzene rings is 1. The molecular formula is C14H16ClNO. The summed E-state index contributed by atoms with van der Waals surface area (Å²) in [6.07, 6.45) is 6.53. The maximum Gasteiger partial charge on any atom is 0.136 e. The zero-order valence-corrected chi connectivity index (χ0v) is 10.5. The summed E-state index contributed by atoms with van der Waals surface area (Å²) in [5.41, 5.74) is 2.28. The molecule has 0 radical (unpaired) electrons. The van der Waals surface area contributed by atoms with Crippen LogP contribution in [-0.2, 0) is 4.84 Å². The molecule has 1 aliphatic heterocycles. The quantitative estimate of drug-likeness (QED) is 0.737. The number of fused-ring (bicyclic) bond motifs is 1. The van der Waals surface area contributed by atoms with Gasteiger partial charge in [-0.15, -0.1) is 0 Å². The van der Waals surface area contributed by atoms with Gasteiger partial charge in [0, 0.05) is 10.9 Å². The molecule has 17 heavy (non-hydrogen) atoms. The molecule has 0 amide bonds. The fourth-order valence-corrected chi connectivity index (χ4v) is 2.92. The van der Waals surface area contributed by atoms with Crippen LogP contribution in [0.15, 0.2) is 29.4 Å². The molecular weight excluding hydrogens is 234 g/mol. The second-order valence-corrected chi connectivity index (χ2v) is 5.31. The number of rotatable bonds is 1. The van der Waals surface area contributed by atoms with Gasteiger partial charge in [0.05, 0.1) is 5.71 Å². The standard InChI is InChI=1S/C14H16ClNO/c15-11-8-6-10(7-9-11)14-12-4-2-1-3-5-13(12)17-16-14/h6-9,12-13H,1-5H2/t12-,13+/m1/s1. The molecule has 0 aromatic heterocycles. The van der Waals surface area contributed by atoms with Crippen LogP contribution in [0, 0.1) is 5.92 Å². The van der Waals surface area contributed by atoms with Gasteiger partial charge in [0.15, 0.2) is 0 Å². The van der Waals surface area contributed by atoms with Crippen LogP contribution in [0.4, 0.5) is 0 Å². The van der Waals surface area contributed by atoms with Crippen LogP contribution in [0.1, 0.15) is 37.7 Å². The molecule has 0 bridgehead atoms. The summed E-state index contributed by atoms with van der Waals surface area (Å²) in [4.78, 5) is 5.59. The number of oxime groups is 1. The Labute approximate surface area is 107 Å². The first-order valence-electron chi connectivity index (χ1n) is 6.34. The van der Waals surface area contributed by atoms with E-state index < -0.39 is 0 Å². The lowest BCUT2D eigenvalue weighted by Gasteiger charge is -2.15. The zero-order chi connectivity index (χ0) is 11.7. The maximum atomic E-state index is 5.91. The van der Waals surface area contributed by atoms with Crippen molar-refractivity contribution in [1.29, 1.82) is 0 Å². The number of halogens is 1. The fourth-order valence-electron chi connectivity index (χ4n) is 2.79. The molecule has 1 aromatic rings. The van der Waals surface area contributed by atoms with Crippen molar-refractivity contribution in [3.8, 4) is 0 Å². The number of hydrogen-bond acceptors (Lipinski definition) is 2. The van der Waals surface area contributed by atoms with Gasteiger partial charge in [0.25, 0.3) is 0 Å². The van der Waals surface area contributed by atoms with Gasteiger partial charge in [-0.3, -0.25) is 0 Å². The summed E-state index contributed by atoms with van der Waals surface area (Å²) in [7, 11) is 0. The molecule has 90 valence electrons. The molecule has 1 saturated carbocycles. The molecule has 0 N–H and O–H groups in total. The highest BCUT2D eigenvalue weighted by Gasteiger charge is 2.35. The molecule has 3 heteroatoms. The van der Waals surface area contributed by atoms with Gasteiger partial charge in [-0.05, 0) is 37.0 Å². The predicted octanol–water partition coefficient (Wildman–Crippen LogP) is 4.02. The van der Waals surface area contributed by atoms with Crippen LogP contribution in [-0.4, -0.2) is 11.8 Å². The Kier molecular flexibility index (Phi) is 3.06. The van der Waals surface area contributed by atoms with Gasteiger partial charge < -0.3 is 4.84 Å². The number of hydrogen-bond donors (Lipinski definition) is 0. The molecule has 3 rings (SSSR count). The van der Waals surface area contributed by atoms with Gasteiger partial charge in [0.1, 0.15) is 6.10 Å². The van der Waals surface area contributed by atoms with Crippen molar-refractivity contribution >= 4 is 17.3 Å². The fraction of sp³-hybridized carbons (Fsp3) is 0.500. The third-order valence-electron chi connectivity index (χ3n) is 3.73. The maximum absolute atomic E-state index is 5.91. The van der Waals surface area contributed by atoms with E-state index in [4.69, 9.17) is 16.4 Å². The van der Waals surface area contributed by atoms with Crippen LogP contribution < -0.4 is 0 Å². The molecule has 0 saturated heterocycles. The van der Waals surface area contributed by atoms with Gasteiger partial charge in [-0.1, -0.05) is 41.7 Å². The van der Waals surface area contributed by atoms with Crippen LogP contribution in [0.3, 0.4) is 0 Å². The Hall–Kier alpha value is -1.02. The van der Waals surface area contributed by atoms with E-state index in [1.165, 1.54) is 25.7 Å². The molecule has 1 fully saturated rings. The molecule has 2 atom stereocenters. The molecule has 1 heterocycles. The lowest BCUT2D eigenvalue weighted by Crippen LogP contribution is -2.22. The van der Waals surface area contributed by atoms with Crippen molar-refractivity contribution in [2.75, 3.05) is 0 Å². The summed E-state index contributed by atoms with van der Waals surface area (Å²) in [6.45, 7) is 0. The summed E-state index contributed by atoms with van der Waals surface area (Å²) < 4.78 is 0. The van der Waals surface area contributed by atoms with Crippen molar-refractivity contribution in [1.82, 2.24) is 0 Å². The monoisotopic (exact) mass is 249 g/mol.